The van der Waals surface area contributed by atoms with Crippen LogP contribution in [0.5, 0.6) is 0 Å². The Kier molecular flexibility index (Phi) is 4.43. The van der Waals surface area contributed by atoms with E-state index in [1.807, 2.05) is 31.2 Å². The van der Waals surface area contributed by atoms with Crippen LogP contribution < -0.4 is 11.2 Å². The van der Waals surface area contributed by atoms with E-state index in [-0.39, 0.29) is 30.1 Å². The molecule has 2 heterocycles. The second-order valence-corrected chi connectivity index (χ2v) is 6.64. The molecule has 0 aliphatic rings. The molecule has 7 heteroatoms. The fourth-order valence-electron chi connectivity index (χ4n) is 3.32. The van der Waals surface area contributed by atoms with Crippen molar-refractivity contribution >= 4 is 11.2 Å². The summed E-state index contributed by atoms with van der Waals surface area (Å²) in [6.07, 6.45) is 1.47. The summed E-state index contributed by atoms with van der Waals surface area (Å²) in [7, 11) is 0. The molecule has 0 aliphatic heterocycles. The lowest BCUT2D eigenvalue weighted by molar-refractivity contribution is 0.600. The van der Waals surface area contributed by atoms with Gasteiger partial charge in [0.25, 0.3) is 5.56 Å². The van der Waals surface area contributed by atoms with Crippen LogP contribution in [-0.4, -0.2) is 18.7 Å². The van der Waals surface area contributed by atoms with Gasteiger partial charge in [-0.25, -0.2) is 18.7 Å². The Bertz CT molecular complexity index is 1280. The summed E-state index contributed by atoms with van der Waals surface area (Å²) in [5.41, 5.74) is 1.78. The molecule has 0 fully saturated rings. The van der Waals surface area contributed by atoms with Crippen LogP contribution in [0.15, 0.2) is 64.4 Å². The molecule has 0 N–H and O–H groups in total. The van der Waals surface area contributed by atoms with E-state index in [1.165, 1.54) is 21.5 Å². The Hall–Kier alpha value is -3.48. The maximum absolute atomic E-state index is 14.1. The number of aryl methyl sites for hydroxylation is 1. The van der Waals surface area contributed by atoms with E-state index in [2.05, 4.69) is 4.98 Å². The predicted octanol–water partition coefficient (Wildman–Crippen LogP) is 2.86. The summed E-state index contributed by atoms with van der Waals surface area (Å²) in [5.74, 6) is -0.355. The minimum Gasteiger partial charge on any atom is -0.320 e. The lowest BCUT2D eigenvalue weighted by atomic mass is 10.2. The zero-order valence-electron chi connectivity index (χ0n) is 15.6. The number of hydrogen-bond donors (Lipinski definition) is 0. The van der Waals surface area contributed by atoms with Crippen LogP contribution in [0, 0.1) is 12.7 Å². The highest BCUT2D eigenvalue weighted by atomic mass is 19.1. The molecule has 0 spiro atoms. The molecule has 0 amide bonds. The van der Waals surface area contributed by atoms with Gasteiger partial charge in [-0.2, -0.15) is 0 Å². The lowest BCUT2D eigenvalue weighted by Gasteiger charge is -2.12. The molecule has 2 aromatic heterocycles. The van der Waals surface area contributed by atoms with Crippen molar-refractivity contribution in [2.24, 2.45) is 0 Å². The third-order valence-corrected chi connectivity index (χ3v) is 4.81. The Morgan fingerprint density at radius 3 is 2.43 bits per heavy atom. The molecule has 28 heavy (non-hydrogen) atoms. The topological polar surface area (TPSA) is 61.8 Å². The number of hydrogen-bond acceptors (Lipinski definition) is 3. The minimum absolute atomic E-state index is 0.147. The van der Waals surface area contributed by atoms with Gasteiger partial charge in [0.2, 0.25) is 0 Å². The highest BCUT2D eigenvalue weighted by molar-refractivity contribution is 5.72. The molecule has 0 radical (unpaired) electrons. The summed E-state index contributed by atoms with van der Waals surface area (Å²) in [6.45, 7) is 4.07. The van der Waals surface area contributed by atoms with Gasteiger partial charge in [-0.3, -0.25) is 9.36 Å². The molecule has 142 valence electrons. The summed E-state index contributed by atoms with van der Waals surface area (Å²) >= 11 is 0. The van der Waals surface area contributed by atoms with Crippen LogP contribution in [0.25, 0.3) is 16.9 Å². The van der Waals surface area contributed by atoms with Gasteiger partial charge in [-0.1, -0.05) is 35.9 Å². The predicted molar refractivity (Wildman–Crippen MR) is 106 cm³/mol. The van der Waals surface area contributed by atoms with Gasteiger partial charge < -0.3 is 4.57 Å². The minimum atomic E-state index is -0.444. The third kappa shape index (κ3) is 2.85. The molecule has 0 unspecified atom stereocenters. The SMILES string of the molecule is CCn1c(=O)c2c(ncn2Cc2ccccc2F)n(-c2ccc(C)cc2)c1=O. The number of aromatic nitrogens is 4. The summed E-state index contributed by atoms with van der Waals surface area (Å²) in [5, 5.41) is 0. The smallest absolute Gasteiger partial charge is 0.320 e. The summed E-state index contributed by atoms with van der Waals surface area (Å²) in [4.78, 5) is 30.3. The van der Waals surface area contributed by atoms with Crippen molar-refractivity contribution in [2.75, 3.05) is 0 Å². The van der Waals surface area contributed by atoms with Crippen molar-refractivity contribution in [3.8, 4) is 5.69 Å². The first-order chi connectivity index (χ1) is 13.5. The molecule has 0 saturated carbocycles. The van der Waals surface area contributed by atoms with Gasteiger partial charge in [-0.15, -0.1) is 0 Å². The summed E-state index contributed by atoms with van der Waals surface area (Å²) < 4.78 is 18.3. The number of imidazole rings is 1. The Morgan fingerprint density at radius 1 is 1.04 bits per heavy atom. The van der Waals surface area contributed by atoms with Crippen molar-refractivity contribution in [3.05, 3.63) is 92.6 Å². The van der Waals surface area contributed by atoms with Crippen molar-refractivity contribution < 1.29 is 4.39 Å². The summed E-state index contributed by atoms with van der Waals surface area (Å²) in [6, 6.07) is 13.8. The molecule has 0 saturated heterocycles. The second kappa shape index (κ2) is 6.92. The van der Waals surface area contributed by atoms with Crippen molar-refractivity contribution in [1.82, 2.24) is 18.7 Å². The number of halogens is 1. The first-order valence-electron chi connectivity index (χ1n) is 9.02. The standard InChI is InChI=1S/C21H19FN4O2/c1-3-25-20(27)18-19(26(21(25)28)16-10-8-14(2)9-11-16)23-13-24(18)12-15-6-4-5-7-17(15)22/h4-11,13H,3,12H2,1-2H3. The third-order valence-electron chi connectivity index (χ3n) is 4.81. The van der Waals surface area contributed by atoms with Gasteiger partial charge in [0.15, 0.2) is 11.2 Å². The first-order valence-corrected chi connectivity index (χ1v) is 9.02. The first kappa shape index (κ1) is 17.9. The molecule has 0 aliphatic carbocycles. The Labute approximate surface area is 160 Å². The van der Waals surface area contributed by atoms with Crippen LogP contribution in [0.4, 0.5) is 4.39 Å². The van der Waals surface area contributed by atoms with E-state index in [0.29, 0.717) is 11.3 Å². The largest absolute Gasteiger partial charge is 0.337 e. The molecule has 4 aromatic rings. The molecule has 0 bridgehead atoms. The van der Waals surface area contributed by atoms with E-state index >= 15 is 0 Å². The van der Waals surface area contributed by atoms with Crippen molar-refractivity contribution in [2.45, 2.75) is 26.9 Å². The Morgan fingerprint density at radius 2 is 1.75 bits per heavy atom. The van der Waals surface area contributed by atoms with Gasteiger partial charge in [0.1, 0.15) is 5.82 Å². The van der Waals surface area contributed by atoms with Crippen LogP contribution in [0.3, 0.4) is 0 Å². The van der Waals surface area contributed by atoms with Crippen LogP contribution in [0.2, 0.25) is 0 Å². The van der Waals surface area contributed by atoms with Crippen molar-refractivity contribution in [3.63, 3.8) is 0 Å². The normalized spacial score (nSPS) is 11.2. The number of nitrogens with zero attached hydrogens (tertiary/aromatic N) is 4. The zero-order valence-corrected chi connectivity index (χ0v) is 15.6. The van der Waals surface area contributed by atoms with Gasteiger partial charge in [-0.05, 0) is 32.0 Å². The quantitative estimate of drug-likeness (QED) is 0.549. The second-order valence-electron chi connectivity index (χ2n) is 6.64. The highest BCUT2D eigenvalue weighted by Crippen LogP contribution is 2.16. The van der Waals surface area contributed by atoms with E-state index in [1.54, 1.807) is 29.7 Å². The molecular weight excluding hydrogens is 359 g/mol. The van der Waals surface area contributed by atoms with Gasteiger partial charge in [0, 0.05) is 12.1 Å². The lowest BCUT2D eigenvalue weighted by Crippen LogP contribution is -2.39. The van der Waals surface area contributed by atoms with Crippen LogP contribution in [0.1, 0.15) is 18.1 Å². The number of rotatable bonds is 4. The average molecular weight is 378 g/mol. The highest BCUT2D eigenvalue weighted by Gasteiger charge is 2.19. The molecule has 2 aromatic carbocycles. The fourth-order valence-corrected chi connectivity index (χ4v) is 3.32. The number of benzene rings is 2. The number of fused-ring (bicyclic) bond motifs is 1. The van der Waals surface area contributed by atoms with Gasteiger partial charge in [0.05, 0.1) is 18.6 Å². The zero-order chi connectivity index (χ0) is 19.8. The van der Waals surface area contributed by atoms with E-state index in [0.717, 1.165) is 5.56 Å². The fraction of sp³-hybridized carbons (Fsp3) is 0.190. The molecule has 0 atom stereocenters. The van der Waals surface area contributed by atoms with Gasteiger partial charge >= 0.3 is 5.69 Å². The maximum Gasteiger partial charge on any atom is 0.337 e. The molecule has 4 rings (SSSR count). The van der Waals surface area contributed by atoms with Crippen molar-refractivity contribution in [1.29, 1.82) is 0 Å². The monoisotopic (exact) mass is 378 g/mol. The molecular formula is C21H19FN4O2. The Balaban J connectivity index is 2.00. The van der Waals surface area contributed by atoms with E-state index < -0.39 is 11.2 Å². The molecule has 6 nitrogen and oxygen atoms in total. The van der Waals surface area contributed by atoms with Crippen LogP contribution >= 0.6 is 0 Å². The maximum atomic E-state index is 14.1. The van der Waals surface area contributed by atoms with E-state index in [9.17, 15) is 14.0 Å². The van der Waals surface area contributed by atoms with E-state index in [4.69, 9.17) is 0 Å². The van der Waals surface area contributed by atoms with Crippen LogP contribution in [-0.2, 0) is 13.1 Å². The average Bonchev–Trinajstić information content (AvgIpc) is 3.09.